The molecule has 1 aromatic carbocycles. The van der Waals surface area contributed by atoms with Crippen LogP contribution in [-0.2, 0) is 6.54 Å². The van der Waals surface area contributed by atoms with Crippen LogP contribution in [0.25, 0.3) is 0 Å². The maximum atomic E-state index is 12.8. The highest BCUT2D eigenvalue weighted by Crippen LogP contribution is 2.28. The molecule has 4 heterocycles. The van der Waals surface area contributed by atoms with Crippen molar-refractivity contribution in [1.29, 1.82) is 0 Å². The Morgan fingerprint density at radius 1 is 1.07 bits per heavy atom. The highest BCUT2D eigenvalue weighted by molar-refractivity contribution is 5.92. The average molecular weight is 365 g/mol. The summed E-state index contributed by atoms with van der Waals surface area (Å²) in [7, 11) is 0. The van der Waals surface area contributed by atoms with Gasteiger partial charge in [-0.25, -0.2) is 9.78 Å². The first-order valence-corrected chi connectivity index (χ1v) is 9.34. The van der Waals surface area contributed by atoms with E-state index in [-0.39, 0.29) is 18.0 Å². The summed E-state index contributed by atoms with van der Waals surface area (Å²) in [5.41, 5.74) is 1.43. The van der Waals surface area contributed by atoms with Crippen molar-refractivity contribution in [3.8, 4) is 0 Å². The van der Waals surface area contributed by atoms with Crippen LogP contribution in [0.1, 0.15) is 28.9 Å². The number of nitrogens with zero attached hydrogens (tertiary/aromatic N) is 4. The van der Waals surface area contributed by atoms with Crippen LogP contribution in [0.3, 0.4) is 0 Å². The summed E-state index contributed by atoms with van der Waals surface area (Å²) in [6, 6.07) is 9.87. The van der Waals surface area contributed by atoms with E-state index in [1.807, 2.05) is 40.1 Å². The van der Waals surface area contributed by atoms with Gasteiger partial charge in [0.05, 0.1) is 12.2 Å². The van der Waals surface area contributed by atoms with Gasteiger partial charge in [0.1, 0.15) is 5.69 Å². The Bertz CT molecular complexity index is 799. The summed E-state index contributed by atoms with van der Waals surface area (Å²) >= 11 is 0. The number of benzene rings is 1. The molecule has 2 aromatic rings. The van der Waals surface area contributed by atoms with Crippen LogP contribution in [0.2, 0.25) is 0 Å². The van der Waals surface area contributed by atoms with E-state index in [0.717, 1.165) is 18.4 Å². The second kappa shape index (κ2) is 7.73. The minimum Gasteiger partial charge on any atom is -0.335 e. The molecular weight excluding hydrogens is 342 g/mol. The molecule has 140 valence electrons. The van der Waals surface area contributed by atoms with Crippen molar-refractivity contribution >= 4 is 11.9 Å². The van der Waals surface area contributed by atoms with Gasteiger partial charge in [-0.2, -0.15) is 0 Å². The molecule has 2 atom stereocenters. The first kappa shape index (κ1) is 17.5. The van der Waals surface area contributed by atoms with Gasteiger partial charge < -0.3 is 15.1 Å². The van der Waals surface area contributed by atoms with Crippen molar-refractivity contribution < 1.29 is 9.59 Å². The van der Waals surface area contributed by atoms with Crippen LogP contribution in [-0.4, -0.2) is 57.4 Å². The molecular formula is C20H23N5O2. The van der Waals surface area contributed by atoms with E-state index in [1.165, 1.54) is 12.4 Å². The fourth-order valence-corrected chi connectivity index (χ4v) is 3.94. The second-order valence-electron chi connectivity index (χ2n) is 7.19. The molecule has 0 aliphatic carbocycles. The largest absolute Gasteiger partial charge is 0.335 e. The van der Waals surface area contributed by atoms with Crippen molar-refractivity contribution in [2.45, 2.75) is 25.4 Å². The van der Waals surface area contributed by atoms with E-state index in [0.29, 0.717) is 37.8 Å². The van der Waals surface area contributed by atoms with Crippen LogP contribution >= 0.6 is 0 Å². The Balaban J connectivity index is 1.42. The standard InChI is InChI=1S/C20H23N5O2/c26-19(18-11-21-8-9-22-18)24-12-16-6-7-17(14-24)25(13-16)20(27)23-10-15-4-2-1-3-5-15/h1-5,8-9,11,16-17H,6-7,10,12-14H2,(H,23,27). The molecule has 0 radical (unpaired) electrons. The summed E-state index contributed by atoms with van der Waals surface area (Å²) in [5, 5.41) is 3.02. The molecule has 3 amide bonds. The molecule has 1 aromatic heterocycles. The zero-order chi connectivity index (χ0) is 18.6. The molecule has 7 heteroatoms. The first-order valence-electron chi connectivity index (χ1n) is 9.34. The second-order valence-corrected chi connectivity index (χ2v) is 7.19. The molecule has 3 saturated heterocycles. The van der Waals surface area contributed by atoms with Crippen molar-refractivity contribution in [3.05, 3.63) is 60.2 Å². The lowest BCUT2D eigenvalue weighted by atomic mass is 9.95. The number of amides is 3. The Kier molecular flexibility index (Phi) is 5.00. The van der Waals surface area contributed by atoms with Crippen molar-refractivity contribution in [3.63, 3.8) is 0 Å². The van der Waals surface area contributed by atoms with Crippen molar-refractivity contribution in [1.82, 2.24) is 25.1 Å². The van der Waals surface area contributed by atoms with Crippen LogP contribution in [0.4, 0.5) is 4.79 Å². The van der Waals surface area contributed by atoms with Gasteiger partial charge in [0.25, 0.3) is 5.91 Å². The zero-order valence-corrected chi connectivity index (χ0v) is 15.1. The zero-order valence-electron chi connectivity index (χ0n) is 15.1. The smallest absolute Gasteiger partial charge is 0.317 e. The van der Waals surface area contributed by atoms with Gasteiger partial charge in [-0.05, 0) is 24.3 Å². The van der Waals surface area contributed by atoms with Gasteiger partial charge in [-0.15, -0.1) is 0 Å². The molecule has 3 aliphatic rings. The third kappa shape index (κ3) is 3.92. The van der Waals surface area contributed by atoms with E-state index in [2.05, 4.69) is 15.3 Å². The Morgan fingerprint density at radius 2 is 1.93 bits per heavy atom. The third-order valence-corrected chi connectivity index (χ3v) is 5.33. The quantitative estimate of drug-likeness (QED) is 0.901. The average Bonchev–Trinajstić information content (AvgIpc) is 3.05. The number of hydrogen-bond donors (Lipinski definition) is 1. The van der Waals surface area contributed by atoms with E-state index >= 15 is 0 Å². The predicted octanol–water partition coefficient (Wildman–Crippen LogP) is 1.92. The van der Waals surface area contributed by atoms with Crippen LogP contribution in [0, 0.1) is 5.92 Å². The highest BCUT2D eigenvalue weighted by Gasteiger charge is 2.39. The molecule has 0 saturated carbocycles. The molecule has 3 aliphatic heterocycles. The molecule has 5 rings (SSSR count). The minimum atomic E-state index is -0.105. The maximum Gasteiger partial charge on any atom is 0.317 e. The summed E-state index contributed by atoms with van der Waals surface area (Å²) in [5.74, 6) is 0.193. The summed E-state index contributed by atoms with van der Waals surface area (Å²) in [6.45, 7) is 2.41. The summed E-state index contributed by atoms with van der Waals surface area (Å²) < 4.78 is 0. The van der Waals surface area contributed by atoms with E-state index < -0.39 is 0 Å². The van der Waals surface area contributed by atoms with Crippen LogP contribution < -0.4 is 5.32 Å². The summed E-state index contributed by atoms with van der Waals surface area (Å²) in [6.07, 6.45) is 6.55. The minimum absolute atomic E-state index is 0.0418. The highest BCUT2D eigenvalue weighted by atomic mass is 16.2. The van der Waals surface area contributed by atoms with Crippen LogP contribution in [0.15, 0.2) is 48.9 Å². The number of fused-ring (bicyclic) bond motifs is 4. The number of nitrogens with one attached hydrogen (secondary N) is 1. The Labute approximate surface area is 158 Å². The van der Waals surface area contributed by atoms with Crippen molar-refractivity contribution in [2.24, 2.45) is 5.92 Å². The fraction of sp³-hybridized carbons (Fsp3) is 0.400. The molecule has 1 N–H and O–H groups in total. The Hall–Kier alpha value is -2.96. The van der Waals surface area contributed by atoms with E-state index in [9.17, 15) is 9.59 Å². The number of carbonyl (C=O) groups excluding carboxylic acids is 2. The molecule has 2 unspecified atom stereocenters. The molecule has 7 nitrogen and oxygen atoms in total. The third-order valence-electron chi connectivity index (χ3n) is 5.33. The molecule has 2 bridgehead atoms. The lowest BCUT2D eigenvalue weighted by Gasteiger charge is -2.36. The number of urea groups is 1. The SMILES string of the molecule is O=C(c1cnccn1)N1CC2CCC(C1)N(C(=O)NCc1ccccc1)C2. The first-order chi connectivity index (χ1) is 13.2. The number of aromatic nitrogens is 2. The van der Waals surface area contributed by atoms with Gasteiger partial charge in [0.2, 0.25) is 0 Å². The van der Waals surface area contributed by atoms with Gasteiger partial charge in [0.15, 0.2) is 0 Å². The number of piperidine rings is 1. The number of rotatable bonds is 3. The molecule has 3 fully saturated rings. The monoisotopic (exact) mass is 365 g/mol. The number of carbonyl (C=O) groups is 2. The molecule has 0 spiro atoms. The van der Waals surface area contributed by atoms with E-state index in [4.69, 9.17) is 0 Å². The van der Waals surface area contributed by atoms with Gasteiger partial charge >= 0.3 is 6.03 Å². The molecule has 27 heavy (non-hydrogen) atoms. The van der Waals surface area contributed by atoms with E-state index in [1.54, 1.807) is 6.20 Å². The topological polar surface area (TPSA) is 78.4 Å². The lowest BCUT2D eigenvalue weighted by molar-refractivity contribution is 0.0735. The van der Waals surface area contributed by atoms with Gasteiger partial charge in [-0.1, -0.05) is 30.3 Å². The normalized spacial score (nSPS) is 21.6. The van der Waals surface area contributed by atoms with Crippen molar-refractivity contribution in [2.75, 3.05) is 19.6 Å². The predicted molar refractivity (Wildman–Crippen MR) is 99.8 cm³/mol. The Morgan fingerprint density at radius 3 is 2.70 bits per heavy atom. The van der Waals surface area contributed by atoms with Gasteiger partial charge in [0, 0.05) is 38.6 Å². The summed E-state index contributed by atoms with van der Waals surface area (Å²) in [4.78, 5) is 37.4. The van der Waals surface area contributed by atoms with Gasteiger partial charge in [-0.3, -0.25) is 9.78 Å². The van der Waals surface area contributed by atoms with Crippen LogP contribution in [0.5, 0.6) is 0 Å². The lowest BCUT2D eigenvalue weighted by Crippen LogP contribution is -2.51. The number of hydrogen-bond acceptors (Lipinski definition) is 4. The fourth-order valence-electron chi connectivity index (χ4n) is 3.94. The maximum absolute atomic E-state index is 12.8.